The molecule has 13 heavy (non-hydrogen) atoms. The van der Waals surface area contributed by atoms with Crippen LogP contribution in [0.5, 0.6) is 5.75 Å². The first-order valence-corrected chi connectivity index (χ1v) is 3.93. The third-order valence-electron chi connectivity index (χ3n) is 1.99. The molecule has 2 nitrogen and oxygen atoms in total. The van der Waals surface area contributed by atoms with Gasteiger partial charge in [0.25, 0.3) is 0 Å². The number of hydrogen-bond donors (Lipinski definition) is 1. The van der Waals surface area contributed by atoms with E-state index in [0.717, 1.165) is 10.8 Å². The van der Waals surface area contributed by atoms with Gasteiger partial charge in [0.05, 0.1) is 11.6 Å². The van der Waals surface area contributed by atoms with E-state index >= 15 is 0 Å². The van der Waals surface area contributed by atoms with Crippen LogP contribution in [-0.4, -0.2) is 5.11 Å². The van der Waals surface area contributed by atoms with Gasteiger partial charge in [-0.1, -0.05) is 18.2 Å². The number of benzene rings is 2. The molecule has 0 aliphatic heterocycles. The summed E-state index contributed by atoms with van der Waals surface area (Å²) in [6.07, 6.45) is 0. The predicted octanol–water partition coefficient (Wildman–Crippen LogP) is 2.42. The molecule has 0 radical (unpaired) electrons. The molecule has 1 N–H and O–H groups in total. The van der Waals surface area contributed by atoms with Crippen molar-refractivity contribution in [1.29, 1.82) is 5.26 Å². The molecule has 0 saturated carbocycles. The van der Waals surface area contributed by atoms with E-state index in [1.807, 2.05) is 12.1 Å². The number of hydrogen-bond acceptors (Lipinski definition) is 2. The predicted molar refractivity (Wildman–Crippen MR) is 50.3 cm³/mol. The SMILES string of the molecule is N#Cc1cccc2ccc(O)cc12. The van der Waals surface area contributed by atoms with Crippen LogP contribution in [0.3, 0.4) is 0 Å². The van der Waals surface area contributed by atoms with Gasteiger partial charge in [-0.15, -0.1) is 0 Å². The van der Waals surface area contributed by atoms with Crippen molar-refractivity contribution in [3.8, 4) is 11.8 Å². The van der Waals surface area contributed by atoms with Crippen molar-refractivity contribution >= 4 is 10.8 Å². The number of phenols is 1. The maximum Gasteiger partial charge on any atom is 0.116 e. The Balaban J connectivity index is 2.89. The Morgan fingerprint density at radius 3 is 2.77 bits per heavy atom. The number of phenolic OH excluding ortho intramolecular Hbond substituents is 1. The van der Waals surface area contributed by atoms with Crippen LogP contribution in [0, 0.1) is 11.3 Å². The molecule has 2 heteroatoms. The van der Waals surface area contributed by atoms with E-state index < -0.39 is 0 Å². The lowest BCUT2D eigenvalue weighted by Crippen LogP contribution is -1.78. The van der Waals surface area contributed by atoms with Crippen LogP contribution in [0.1, 0.15) is 5.56 Å². The van der Waals surface area contributed by atoms with Crippen molar-refractivity contribution in [3.63, 3.8) is 0 Å². The molecule has 0 fully saturated rings. The smallest absolute Gasteiger partial charge is 0.116 e. The minimum atomic E-state index is 0.190. The standard InChI is InChI=1S/C11H7NO/c12-7-9-3-1-2-8-4-5-10(13)6-11(8)9/h1-6,13H. The second-order valence-corrected chi connectivity index (χ2v) is 2.82. The summed E-state index contributed by atoms with van der Waals surface area (Å²) in [6, 6.07) is 12.6. The lowest BCUT2D eigenvalue weighted by molar-refractivity contribution is 0.476. The third kappa shape index (κ3) is 1.21. The van der Waals surface area contributed by atoms with Crippen LogP contribution in [-0.2, 0) is 0 Å². The summed E-state index contributed by atoms with van der Waals surface area (Å²) in [5.41, 5.74) is 0.591. The molecule has 2 aromatic carbocycles. The van der Waals surface area contributed by atoms with Gasteiger partial charge in [0, 0.05) is 5.39 Å². The zero-order valence-corrected chi connectivity index (χ0v) is 6.86. The summed E-state index contributed by atoms with van der Waals surface area (Å²) in [6.45, 7) is 0. The summed E-state index contributed by atoms with van der Waals surface area (Å²) in [5, 5.41) is 19.8. The second kappa shape index (κ2) is 2.80. The van der Waals surface area contributed by atoms with Gasteiger partial charge < -0.3 is 5.11 Å². The van der Waals surface area contributed by atoms with Gasteiger partial charge in [-0.05, 0) is 23.6 Å². The topological polar surface area (TPSA) is 44.0 Å². The van der Waals surface area contributed by atoms with Gasteiger partial charge in [0.15, 0.2) is 0 Å². The molecule has 0 aliphatic rings. The Morgan fingerprint density at radius 2 is 2.00 bits per heavy atom. The number of rotatable bonds is 0. The molecule has 0 heterocycles. The van der Waals surface area contributed by atoms with Crippen LogP contribution in [0.4, 0.5) is 0 Å². The maximum absolute atomic E-state index is 9.24. The Labute approximate surface area is 75.7 Å². The molecule has 0 bridgehead atoms. The van der Waals surface area contributed by atoms with Gasteiger partial charge in [0.2, 0.25) is 0 Å². The molecule has 0 unspecified atom stereocenters. The van der Waals surface area contributed by atoms with Crippen molar-refractivity contribution in [2.24, 2.45) is 0 Å². The first-order chi connectivity index (χ1) is 6.31. The summed E-state index contributed by atoms with van der Waals surface area (Å²) in [4.78, 5) is 0. The maximum atomic E-state index is 9.24. The largest absolute Gasteiger partial charge is 0.508 e. The van der Waals surface area contributed by atoms with Crippen molar-refractivity contribution in [2.45, 2.75) is 0 Å². The highest BCUT2D eigenvalue weighted by Gasteiger charge is 1.99. The molecule has 2 aromatic rings. The number of nitriles is 1. The summed E-state index contributed by atoms with van der Waals surface area (Å²) in [7, 11) is 0. The van der Waals surface area contributed by atoms with Gasteiger partial charge in [-0.2, -0.15) is 5.26 Å². The molecule has 0 amide bonds. The average molecular weight is 169 g/mol. The summed E-state index contributed by atoms with van der Waals surface area (Å²) < 4.78 is 0. The molecular weight excluding hydrogens is 162 g/mol. The van der Waals surface area contributed by atoms with Crippen LogP contribution in [0.25, 0.3) is 10.8 Å². The fraction of sp³-hybridized carbons (Fsp3) is 0. The minimum Gasteiger partial charge on any atom is -0.508 e. The Morgan fingerprint density at radius 1 is 1.15 bits per heavy atom. The fourth-order valence-electron chi connectivity index (χ4n) is 1.36. The highest BCUT2D eigenvalue weighted by atomic mass is 16.3. The van der Waals surface area contributed by atoms with Crippen molar-refractivity contribution < 1.29 is 5.11 Å². The highest BCUT2D eigenvalue weighted by Crippen LogP contribution is 2.22. The molecule has 0 atom stereocenters. The van der Waals surface area contributed by atoms with E-state index in [9.17, 15) is 5.11 Å². The first-order valence-electron chi connectivity index (χ1n) is 3.93. The van der Waals surface area contributed by atoms with E-state index in [1.165, 1.54) is 0 Å². The third-order valence-corrected chi connectivity index (χ3v) is 1.99. The molecule has 0 aromatic heterocycles. The van der Waals surface area contributed by atoms with Crippen LogP contribution in [0.15, 0.2) is 36.4 Å². The minimum absolute atomic E-state index is 0.190. The lowest BCUT2D eigenvalue weighted by Gasteiger charge is -1.99. The zero-order valence-electron chi connectivity index (χ0n) is 6.86. The van der Waals surface area contributed by atoms with E-state index in [-0.39, 0.29) is 5.75 Å². The van der Waals surface area contributed by atoms with E-state index in [4.69, 9.17) is 5.26 Å². The zero-order chi connectivity index (χ0) is 9.26. The molecule has 0 aliphatic carbocycles. The Hall–Kier alpha value is -2.01. The molecule has 62 valence electrons. The van der Waals surface area contributed by atoms with E-state index in [0.29, 0.717) is 5.56 Å². The number of aromatic hydroxyl groups is 1. The molecule has 0 spiro atoms. The normalized spacial score (nSPS) is 9.77. The number of nitrogens with zero attached hydrogens (tertiary/aromatic N) is 1. The van der Waals surface area contributed by atoms with Gasteiger partial charge >= 0.3 is 0 Å². The Bertz CT molecular complexity index is 497. The van der Waals surface area contributed by atoms with Crippen LogP contribution in [0.2, 0.25) is 0 Å². The van der Waals surface area contributed by atoms with E-state index in [1.54, 1.807) is 24.3 Å². The summed E-state index contributed by atoms with van der Waals surface area (Å²) in [5.74, 6) is 0.190. The first kappa shape index (κ1) is 7.63. The Kier molecular flexibility index (Phi) is 1.64. The molecular formula is C11H7NO. The van der Waals surface area contributed by atoms with E-state index in [2.05, 4.69) is 6.07 Å². The van der Waals surface area contributed by atoms with Crippen molar-refractivity contribution in [1.82, 2.24) is 0 Å². The fourth-order valence-corrected chi connectivity index (χ4v) is 1.36. The van der Waals surface area contributed by atoms with Gasteiger partial charge in [-0.3, -0.25) is 0 Å². The second-order valence-electron chi connectivity index (χ2n) is 2.82. The average Bonchev–Trinajstić information content (AvgIpc) is 2.17. The van der Waals surface area contributed by atoms with Crippen molar-refractivity contribution in [2.75, 3.05) is 0 Å². The number of fused-ring (bicyclic) bond motifs is 1. The molecule has 2 rings (SSSR count). The van der Waals surface area contributed by atoms with Gasteiger partial charge in [-0.25, -0.2) is 0 Å². The highest BCUT2D eigenvalue weighted by molar-refractivity contribution is 5.88. The quantitative estimate of drug-likeness (QED) is 0.658. The lowest BCUT2D eigenvalue weighted by atomic mass is 10.1. The van der Waals surface area contributed by atoms with Crippen molar-refractivity contribution in [3.05, 3.63) is 42.0 Å². The molecule has 0 saturated heterocycles. The van der Waals surface area contributed by atoms with Crippen LogP contribution >= 0.6 is 0 Å². The monoisotopic (exact) mass is 169 g/mol. The van der Waals surface area contributed by atoms with Crippen LogP contribution < -0.4 is 0 Å². The summed E-state index contributed by atoms with van der Waals surface area (Å²) >= 11 is 0. The van der Waals surface area contributed by atoms with Gasteiger partial charge in [0.1, 0.15) is 5.75 Å².